The summed E-state index contributed by atoms with van der Waals surface area (Å²) in [6.45, 7) is 0.120. The van der Waals surface area contributed by atoms with E-state index in [-0.39, 0.29) is 18.1 Å². The maximum absolute atomic E-state index is 12.4. The minimum absolute atomic E-state index is 0.000896. The van der Waals surface area contributed by atoms with E-state index in [1.54, 1.807) is 42.5 Å². The first-order valence-corrected chi connectivity index (χ1v) is 7.91. The lowest BCUT2D eigenvalue weighted by molar-refractivity contribution is -0.133. The maximum Gasteiger partial charge on any atom is 0.293 e. The zero-order valence-electron chi connectivity index (χ0n) is 13.8. The molecule has 2 heterocycles. The monoisotopic (exact) mass is 353 g/mol. The lowest BCUT2D eigenvalue weighted by Gasteiger charge is -2.14. The van der Waals surface area contributed by atoms with Crippen molar-refractivity contribution < 1.29 is 28.9 Å². The average Bonchev–Trinajstić information content (AvgIpc) is 3.25. The highest BCUT2D eigenvalue weighted by Gasteiger charge is 2.40. The Morgan fingerprint density at radius 2 is 1.85 bits per heavy atom. The Bertz CT molecular complexity index is 932. The number of nitrogens with one attached hydrogen (secondary N) is 1. The average molecular weight is 353 g/mol. The van der Waals surface area contributed by atoms with Gasteiger partial charge in [-0.25, -0.2) is 0 Å². The highest BCUT2D eigenvalue weighted by molar-refractivity contribution is 6.46. The largest absolute Gasteiger partial charge is 0.507 e. The van der Waals surface area contributed by atoms with E-state index >= 15 is 0 Å². The summed E-state index contributed by atoms with van der Waals surface area (Å²) >= 11 is 0. The van der Waals surface area contributed by atoms with Gasteiger partial charge in [-0.05, 0) is 42.0 Å². The van der Waals surface area contributed by atoms with Gasteiger partial charge in [-0.3, -0.25) is 9.59 Å². The minimum atomic E-state index is -0.772. The third-order valence-electron chi connectivity index (χ3n) is 4.36. The molecular weight excluding hydrogens is 338 g/mol. The number of aliphatic hydroxyl groups excluding tert-OH is 1. The van der Waals surface area contributed by atoms with Crippen LogP contribution in [0.5, 0.6) is 17.2 Å². The third kappa shape index (κ3) is 2.54. The van der Waals surface area contributed by atoms with E-state index in [0.29, 0.717) is 28.4 Å². The van der Waals surface area contributed by atoms with Gasteiger partial charge >= 0.3 is 0 Å². The molecule has 0 aliphatic carbocycles. The molecule has 0 radical (unpaired) electrons. The summed E-state index contributed by atoms with van der Waals surface area (Å²) in [5.74, 6) is -0.0399. The molecule has 1 fully saturated rings. The fourth-order valence-corrected chi connectivity index (χ4v) is 3.01. The number of hydrogen-bond acceptors (Lipinski definition) is 6. The molecule has 2 aromatic carbocycles. The quantitative estimate of drug-likeness (QED) is 0.499. The van der Waals surface area contributed by atoms with Gasteiger partial charge in [0.05, 0.1) is 18.7 Å². The first kappa shape index (κ1) is 16.0. The number of amides is 1. The van der Waals surface area contributed by atoms with Crippen molar-refractivity contribution in [3.05, 3.63) is 59.2 Å². The van der Waals surface area contributed by atoms with Gasteiger partial charge in [0.2, 0.25) is 6.79 Å². The second kappa shape index (κ2) is 6.11. The molecule has 7 nitrogen and oxygen atoms in total. The Morgan fingerprint density at radius 1 is 1.12 bits per heavy atom. The van der Waals surface area contributed by atoms with Crippen molar-refractivity contribution in [2.24, 2.45) is 0 Å². The zero-order valence-corrected chi connectivity index (χ0v) is 13.8. The van der Waals surface area contributed by atoms with E-state index in [0.717, 1.165) is 0 Å². The molecule has 0 aromatic heterocycles. The zero-order chi connectivity index (χ0) is 18.3. The van der Waals surface area contributed by atoms with Crippen molar-refractivity contribution in [1.82, 2.24) is 5.32 Å². The van der Waals surface area contributed by atoms with Crippen molar-refractivity contribution in [3.63, 3.8) is 0 Å². The van der Waals surface area contributed by atoms with E-state index in [1.165, 1.54) is 7.11 Å². The molecule has 0 spiro atoms. The van der Waals surface area contributed by atoms with Gasteiger partial charge in [-0.1, -0.05) is 6.07 Å². The fourth-order valence-electron chi connectivity index (χ4n) is 3.01. The second-order valence-electron chi connectivity index (χ2n) is 5.84. The van der Waals surface area contributed by atoms with E-state index < -0.39 is 17.7 Å². The van der Waals surface area contributed by atoms with E-state index in [9.17, 15) is 14.7 Å². The summed E-state index contributed by atoms with van der Waals surface area (Å²) in [6.07, 6.45) is 0. The van der Waals surface area contributed by atoms with Gasteiger partial charge in [0.1, 0.15) is 11.5 Å². The summed E-state index contributed by atoms with van der Waals surface area (Å²) in [5, 5.41) is 13.3. The summed E-state index contributed by atoms with van der Waals surface area (Å²) in [7, 11) is 1.53. The molecule has 2 aromatic rings. The van der Waals surface area contributed by atoms with Gasteiger partial charge in [0.25, 0.3) is 11.7 Å². The lowest BCUT2D eigenvalue weighted by atomic mass is 9.95. The van der Waals surface area contributed by atoms with Crippen molar-refractivity contribution in [2.45, 2.75) is 6.04 Å². The molecule has 26 heavy (non-hydrogen) atoms. The summed E-state index contributed by atoms with van der Waals surface area (Å²) in [4.78, 5) is 24.3. The molecular formula is C19H15NO6. The van der Waals surface area contributed by atoms with Gasteiger partial charge in [0.15, 0.2) is 11.5 Å². The van der Waals surface area contributed by atoms with Crippen LogP contribution in [-0.2, 0) is 9.59 Å². The van der Waals surface area contributed by atoms with Crippen LogP contribution in [0.25, 0.3) is 5.76 Å². The predicted octanol–water partition coefficient (Wildman–Crippen LogP) is 2.13. The van der Waals surface area contributed by atoms with Crippen molar-refractivity contribution in [3.8, 4) is 17.2 Å². The number of aliphatic hydroxyl groups is 1. The first-order chi connectivity index (χ1) is 12.6. The molecule has 0 bridgehead atoms. The summed E-state index contributed by atoms with van der Waals surface area (Å²) in [6, 6.07) is 10.9. The molecule has 1 saturated heterocycles. The Hall–Kier alpha value is -3.48. The molecule has 2 aliphatic rings. The Labute approximate surface area is 148 Å². The number of ketones is 1. The number of hydrogen-bond donors (Lipinski definition) is 2. The molecule has 1 unspecified atom stereocenters. The Morgan fingerprint density at radius 3 is 2.58 bits per heavy atom. The van der Waals surface area contributed by atoms with Crippen LogP contribution < -0.4 is 19.5 Å². The number of Topliss-reactive ketones (excluding diaryl/α,β-unsaturated/α-hetero) is 1. The smallest absolute Gasteiger partial charge is 0.293 e. The van der Waals surface area contributed by atoms with Gasteiger partial charge in [-0.15, -0.1) is 0 Å². The SMILES string of the molecule is COc1ccc(/C(O)=C2\C(=O)C(=O)NC2c2ccc3c(c2)OCO3)cc1. The van der Waals surface area contributed by atoms with Crippen LogP contribution in [0.1, 0.15) is 17.2 Å². The number of benzene rings is 2. The van der Waals surface area contributed by atoms with E-state index in [2.05, 4.69) is 5.32 Å². The fraction of sp³-hybridized carbons (Fsp3) is 0.158. The van der Waals surface area contributed by atoms with Crippen LogP contribution in [0.4, 0.5) is 0 Å². The number of carbonyl (C=O) groups is 2. The second-order valence-corrected chi connectivity index (χ2v) is 5.84. The molecule has 2 N–H and O–H groups in total. The third-order valence-corrected chi connectivity index (χ3v) is 4.36. The molecule has 2 aliphatic heterocycles. The highest BCUT2D eigenvalue weighted by atomic mass is 16.7. The van der Waals surface area contributed by atoms with Crippen LogP contribution >= 0.6 is 0 Å². The predicted molar refractivity (Wildman–Crippen MR) is 91.0 cm³/mol. The minimum Gasteiger partial charge on any atom is -0.507 e. The van der Waals surface area contributed by atoms with Crippen molar-refractivity contribution in [2.75, 3.05) is 13.9 Å². The van der Waals surface area contributed by atoms with Crippen LogP contribution in [0.3, 0.4) is 0 Å². The number of rotatable bonds is 3. The van der Waals surface area contributed by atoms with Crippen LogP contribution in [0, 0.1) is 0 Å². The maximum atomic E-state index is 12.4. The van der Waals surface area contributed by atoms with Crippen LogP contribution in [0.2, 0.25) is 0 Å². The van der Waals surface area contributed by atoms with Gasteiger partial charge in [0, 0.05) is 5.56 Å². The topological polar surface area (TPSA) is 94.1 Å². The summed E-state index contributed by atoms with van der Waals surface area (Å²) < 4.78 is 15.7. The molecule has 1 amide bonds. The van der Waals surface area contributed by atoms with Gasteiger partial charge < -0.3 is 24.6 Å². The standard InChI is InChI=1S/C19H15NO6/c1-24-12-5-2-10(3-6-12)17(21)15-16(20-19(23)18(15)22)11-4-7-13-14(8-11)26-9-25-13/h2-8,16,21H,9H2,1H3,(H,20,23)/b17-15+. The number of fused-ring (bicyclic) bond motifs is 1. The van der Waals surface area contributed by atoms with E-state index in [1.807, 2.05) is 0 Å². The number of methoxy groups -OCH3 is 1. The Kier molecular flexibility index (Phi) is 3.76. The highest BCUT2D eigenvalue weighted by Crippen LogP contribution is 2.38. The van der Waals surface area contributed by atoms with Gasteiger partial charge in [-0.2, -0.15) is 0 Å². The normalized spacial score (nSPS) is 20.1. The molecule has 1 atom stereocenters. The molecule has 4 rings (SSSR count). The summed E-state index contributed by atoms with van der Waals surface area (Å²) in [5.41, 5.74) is 1.03. The molecule has 7 heteroatoms. The molecule has 132 valence electrons. The first-order valence-electron chi connectivity index (χ1n) is 7.91. The van der Waals surface area contributed by atoms with Crippen LogP contribution in [-0.4, -0.2) is 30.7 Å². The van der Waals surface area contributed by atoms with Crippen molar-refractivity contribution >= 4 is 17.4 Å². The Balaban J connectivity index is 1.78. The number of ether oxygens (including phenoxy) is 3. The van der Waals surface area contributed by atoms with Crippen LogP contribution in [0.15, 0.2) is 48.0 Å². The van der Waals surface area contributed by atoms with E-state index in [4.69, 9.17) is 14.2 Å². The number of carbonyl (C=O) groups excluding carboxylic acids is 2. The van der Waals surface area contributed by atoms with Crippen molar-refractivity contribution in [1.29, 1.82) is 0 Å². The molecule has 0 saturated carbocycles. The lowest BCUT2D eigenvalue weighted by Crippen LogP contribution is -2.21.